The quantitative estimate of drug-likeness (QED) is 0.515. The van der Waals surface area contributed by atoms with Gasteiger partial charge in [0, 0.05) is 0 Å². The minimum Gasteiger partial charge on any atom is -0.508 e. The average Bonchev–Trinajstić information content (AvgIpc) is 2.40. The maximum absolute atomic E-state index is 11.2. The average molecular weight is 260 g/mol. The fraction of sp³-hybridized carbons (Fsp3) is 0.312. The van der Waals surface area contributed by atoms with Gasteiger partial charge in [-0.05, 0) is 31.5 Å². The van der Waals surface area contributed by atoms with Gasteiger partial charge in [0.1, 0.15) is 5.75 Å². The zero-order chi connectivity index (χ0) is 14.7. The van der Waals surface area contributed by atoms with E-state index < -0.39 is 0 Å². The van der Waals surface area contributed by atoms with Gasteiger partial charge in [-0.15, -0.1) is 12.5 Å². The number of phenolic OH excluding ortho intramolecular Hbond substituents is 1. The highest BCUT2D eigenvalue weighted by atomic mass is 16.5. The van der Waals surface area contributed by atoms with Gasteiger partial charge in [0.2, 0.25) is 0 Å². The van der Waals surface area contributed by atoms with Crippen molar-refractivity contribution in [2.24, 2.45) is 0 Å². The zero-order valence-electron chi connectivity index (χ0n) is 11.6. The van der Waals surface area contributed by atoms with Crippen molar-refractivity contribution in [2.75, 3.05) is 7.11 Å². The van der Waals surface area contributed by atoms with Gasteiger partial charge in [0.05, 0.1) is 19.4 Å². The Morgan fingerprint density at radius 3 is 2.42 bits per heavy atom. The Morgan fingerprint density at radius 2 is 2.00 bits per heavy atom. The molecule has 1 N–H and O–H groups in total. The van der Waals surface area contributed by atoms with E-state index in [2.05, 4.69) is 23.2 Å². The van der Waals surface area contributed by atoms with Crippen LogP contribution < -0.4 is 0 Å². The summed E-state index contributed by atoms with van der Waals surface area (Å²) in [6, 6.07) is 6.68. The first kappa shape index (κ1) is 16.8. The predicted molar refractivity (Wildman–Crippen MR) is 76.8 cm³/mol. The van der Waals surface area contributed by atoms with Gasteiger partial charge in [-0.1, -0.05) is 24.1 Å². The Balaban J connectivity index is 0.000000982. The van der Waals surface area contributed by atoms with Crippen LogP contribution in [0.2, 0.25) is 0 Å². The number of esters is 1. The normalized spacial score (nSPS) is 10.1. The molecule has 0 saturated heterocycles. The van der Waals surface area contributed by atoms with E-state index in [1.54, 1.807) is 37.3 Å². The predicted octanol–water partition coefficient (Wildman–Crippen LogP) is 3.25. The molecule has 0 aliphatic carbocycles. The number of methoxy groups -OCH3 is 1. The molecular weight excluding hydrogens is 240 g/mol. The Labute approximate surface area is 114 Å². The van der Waals surface area contributed by atoms with Crippen LogP contribution in [0.15, 0.2) is 36.9 Å². The van der Waals surface area contributed by atoms with Crippen molar-refractivity contribution < 1.29 is 14.6 Å². The summed E-state index contributed by atoms with van der Waals surface area (Å²) in [5.41, 5.74) is 0.901. The number of allylic oxidation sites excluding steroid dienone is 1. The first-order chi connectivity index (χ1) is 9.08. The third-order valence-electron chi connectivity index (χ3n) is 2.21. The van der Waals surface area contributed by atoms with E-state index in [4.69, 9.17) is 5.11 Å². The van der Waals surface area contributed by atoms with Crippen molar-refractivity contribution >= 4 is 5.97 Å². The minimum atomic E-state index is -0.291. The third-order valence-corrected chi connectivity index (χ3v) is 2.21. The van der Waals surface area contributed by atoms with Crippen LogP contribution in [0.4, 0.5) is 0 Å². The van der Waals surface area contributed by atoms with Crippen molar-refractivity contribution in [3.05, 3.63) is 42.5 Å². The lowest BCUT2D eigenvalue weighted by Gasteiger charge is -2.09. The van der Waals surface area contributed by atoms with Crippen molar-refractivity contribution in [1.29, 1.82) is 0 Å². The van der Waals surface area contributed by atoms with E-state index in [9.17, 15) is 4.79 Å². The number of aromatic hydroxyl groups is 1. The SMILES string of the molecule is C=CC.CC#CC(CC(=O)OC)c1ccc(O)cc1. The Bertz CT molecular complexity index is 449. The third kappa shape index (κ3) is 6.95. The molecule has 1 aromatic carbocycles. The monoisotopic (exact) mass is 260 g/mol. The van der Waals surface area contributed by atoms with Gasteiger partial charge >= 0.3 is 5.97 Å². The molecule has 3 heteroatoms. The standard InChI is InChI=1S/C13H14O3.C3H6/c1-3-4-11(9-13(15)16-2)10-5-7-12(14)8-6-10;1-3-2/h5-8,11,14H,9H2,1-2H3;3H,1H2,2H3. The number of carbonyl (C=O) groups excluding carboxylic acids is 1. The number of rotatable bonds is 3. The smallest absolute Gasteiger partial charge is 0.307 e. The summed E-state index contributed by atoms with van der Waals surface area (Å²) in [5.74, 6) is 5.47. The maximum Gasteiger partial charge on any atom is 0.307 e. The van der Waals surface area contributed by atoms with Crippen LogP contribution in [0.5, 0.6) is 5.75 Å². The van der Waals surface area contributed by atoms with Crippen molar-refractivity contribution in [3.63, 3.8) is 0 Å². The molecule has 0 amide bonds. The number of benzene rings is 1. The highest BCUT2D eigenvalue weighted by Gasteiger charge is 2.13. The second kappa shape index (κ2) is 9.78. The first-order valence-electron chi connectivity index (χ1n) is 5.94. The van der Waals surface area contributed by atoms with E-state index >= 15 is 0 Å². The van der Waals surface area contributed by atoms with E-state index in [-0.39, 0.29) is 24.1 Å². The maximum atomic E-state index is 11.2. The summed E-state index contributed by atoms with van der Waals surface area (Å²) in [6.07, 6.45) is 1.97. The van der Waals surface area contributed by atoms with Gasteiger partial charge < -0.3 is 9.84 Å². The summed E-state index contributed by atoms with van der Waals surface area (Å²) in [5, 5.41) is 9.17. The van der Waals surface area contributed by atoms with Crippen LogP contribution in [0.3, 0.4) is 0 Å². The Morgan fingerprint density at radius 1 is 1.47 bits per heavy atom. The molecule has 3 nitrogen and oxygen atoms in total. The molecule has 1 rings (SSSR count). The topological polar surface area (TPSA) is 46.5 Å². The van der Waals surface area contributed by atoms with Crippen LogP contribution in [-0.2, 0) is 9.53 Å². The number of phenols is 1. The molecule has 1 unspecified atom stereocenters. The van der Waals surface area contributed by atoms with E-state index in [0.29, 0.717) is 0 Å². The summed E-state index contributed by atoms with van der Waals surface area (Å²) in [4.78, 5) is 11.2. The molecule has 0 fully saturated rings. The summed E-state index contributed by atoms with van der Waals surface area (Å²) in [6.45, 7) is 6.98. The molecular formula is C16H20O3. The molecule has 0 radical (unpaired) electrons. The van der Waals surface area contributed by atoms with Gasteiger partial charge in [0.15, 0.2) is 0 Å². The highest BCUT2D eigenvalue weighted by molar-refractivity contribution is 5.71. The fourth-order valence-electron chi connectivity index (χ4n) is 1.38. The molecule has 0 heterocycles. The summed E-state index contributed by atoms with van der Waals surface area (Å²) >= 11 is 0. The number of hydrogen-bond acceptors (Lipinski definition) is 3. The van der Waals surface area contributed by atoms with Crippen molar-refractivity contribution in [3.8, 4) is 17.6 Å². The largest absolute Gasteiger partial charge is 0.508 e. The molecule has 0 aliphatic heterocycles. The Hall–Kier alpha value is -2.21. The minimum absolute atomic E-state index is 0.182. The van der Waals surface area contributed by atoms with Gasteiger partial charge in [-0.2, -0.15) is 0 Å². The molecule has 0 bridgehead atoms. The highest BCUT2D eigenvalue weighted by Crippen LogP contribution is 2.21. The molecule has 0 saturated carbocycles. The molecule has 19 heavy (non-hydrogen) atoms. The lowest BCUT2D eigenvalue weighted by molar-refractivity contribution is -0.140. The second-order valence-electron chi connectivity index (χ2n) is 3.73. The van der Waals surface area contributed by atoms with E-state index in [0.717, 1.165) is 5.56 Å². The molecule has 1 atom stereocenters. The Kier molecular flexibility index (Phi) is 8.64. The van der Waals surface area contributed by atoms with Gasteiger partial charge in [-0.25, -0.2) is 0 Å². The number of hydrogen-bond donors (Lipinski definition) is 1. The van der Waals surface area contributed by atoms with Crippen LogP contribution in [-0.4, -0.2) is 18.2 Å². The number of carbonyl (C=O) groups is 1. The molecule has 0 aliphatic rings. The van der Waals surface area contributed by atoms with E-state index in [1.165, 1.54) is 7.11 Å². The lowest BCUT2D eigenvalue weighted by atomic mass is 9.96. The summed E-state index contributed by atoms with van der Waals surface area (Å²) in [7, 11) is 1.36. The van der Waals surface area contributed by atoms with Gasteiger partial charge in [-0.3, -0.25) is 4.79 Å². The first-order valence-corrected chi connectivity index (χ1v) is 5.94. The van der Waals surface area contributed by atoms with Crippen LogP contribution in [0, 0.1) is 11.8 Å². The zero-order valence-corrected chi connectivity index (χ0v) is 11.6. The van der Waals surface area contributed by atoms with Crippen molar-refractivity contribution in [2.45, 2.75) is 26.2 Å². The molecule has 0 aromatic heterocycles. The number of ether oxygens (including phenoxy) is 1. The van der Waals surface area contributed by atoms with Crippen LogP contribution in [0.1, 0.15) is 31.7 Å². The lowest BCUT2D eigenvalue weighted by Crippen LogP contribution is -2.07. The second-order valence-corrected chi connectivity index (χ2v) is 3.73. The molecule has 102 valence electrons. The van der Waals surface area contributed by atoms with E-state index in [1.807, 2.05) is 6.92 Å². The molecule has 1 aromatic rings. The van der Waals surface area contributed by atoms with Gasteiger partial charge in [0.25, 0.3) is 0 Å². The van der Waals surface area contributed by atoms with Crippen LogP contribution in [0.25, 0.3) is 0 Å². The van der Waals surface area contributed by atoms with Crippen molar-refractivity contribution in [1.82, 2.24) is 0 Å². The molecule has 0 spiro atoms. The van der Waals surface area contributed by atoms with Crippen LogP contribution >= 0.6 is 0 Å². The fourth-order valence-corrected chi connectivity index (χ4v) is 1.38. The summed E-state index contributed by atoms with van der Waals surface area (Å²) < 4.78 is 4.62.